The van der Waals surface area contributed by atoms with Gasteiger partial charge in [-0.25, -0.2) is 4.79 Å². The van der Waals surface area contributed by atoms with E-state index >= 15 is 0 Å². The van der Waals surface area contributed by atoms with Gasteiger partial charge in [-0.3, -0.25) is 10.1 Å². The van der Waals surface area contributed by atoms with Crippen molar-refractivity contribution in [2.24, 2.45) is 0 Å². The number of carboxylic acids is 1. The standard InChI is InChI=1S/C10H5BrN2O6/c11-6-2-1-5(13(16)17)3-8(6)19-10-12-7(4-18-10)9(14)15/h1-4H,(H,14,15). The number of ether oxygens (including phenoxy) is 1. The molecule has 0 unspecified atom stereocenters. The third kappa shape index (κ3) is 2.88. The Morgan fingerprint density at radius 1 is 1.53 bits per heavy atom. The van der Waals surface area contributed by atoms with E-state index in [9.17, 15) is 14.9 Å². The summed E-state index contributed by atoms with van der Waals surface area (Å²) >= 11 is 3.14. The number of non-ortho nitro benzene ring substituents is 1. The molecule has 0 atom stereocenters. The van der Waals surface area contributed by atoms with Gasteiger partial charge < -0.3 is 14.3 Å². The Hall–Kier alpha value is -2.42. The molecule has 0 aliphatic carbocycles. The molecule has 1 heterocycles. The van der Waals surface area contributed by atoms with Crippen LogP contribution in [0, 0.1) is 10.1 Å². The number of aromatic carboxylic acids is 1. The van der Waals surface area contributed by atoms with Gasteiger partial charge >= 0.3 is 12.0 Å². The number of nitrogens with zero attached hydrogens (tertiary/aromatic N) is 2. The molecule has 2 aromatic rings. The molecule has 1 aromatic carbocycles. The summed E-state index contributed by atoms with van der Waals surface area (Å²) < 4.78 is 10.4. The first-order valence-corrected chi connectivity index (χ1v) is 5.57. The maximum atomic E-state index is 10.6. The van der Waals surface area contributed by atoms with Gasteiger partial charge in [0.25, 0.3) is 5.69 Å². The van der Waals surface area contributed by atoms with Gasteiger partial charge in [0.2, 0.25) is 0 Å². The summed E-state index contributed by atoms with van der Waals surface area (Å²) in [5.74, 6) is -1.18. The number of rotatable bonds is 4. The number of nitro benzene ring substituents is 1. The average Bonchev–Trinajstić information content (AvgIpc) is 2.80. The Morgan fingerprint density at radius 3 is 2.84 bits per heavy atom. The molecule has 0 bridgehead atoms. The minimum atomic E-state index is -1.27. The van der Waals surface area contributed by atoms with Gasteiger partial charge in [-0.2, -0.15) is 4.98 Å². The predicted octanol–water partition coefficient (Wildman–Crippen LogP) is 2.84. The molecular formula is C10H5BrN2O6. The van der Waals surface area contributed by atoms with Crippen molar-refractivity contribution >= 4 is 27.6 Å². The van der Waals surface area contributed by atoms with Crippen LogP contribution in [-0.4, -0.2) is 21.0 Å². The summed E-state index contributed by atoms with van der Waals surface area (Å²) in [7, 11) is 0. The maximum Gasteiger partial charge on any atom is 0.399 e. The summed E-state index contributed by atoms with van der Waals surface area (Å²) in [6, 6.07) is 3.87. The second kappa shape index (κ2) is 5.06. The summed E-state index contributed by atoms with van der Waals surface area (Å²) in [6.45, 7) is 0. The van der Waals surface area contributed by atoms with Gasteiger partial charge in [-0.1, -0.05) is 0 Å². The molecule has 8 nitrogen and oxygen atoms in total. The van der Waals surface area contributed by atoms with Crippen molar-refractivity contribution in [2.45, 2.75) is 0 Å². The van der Waals surface area contributed by atoms with Gasteiger partial charge in [0.05, 0.1) is 15.5 Å². The Morgan fingerprint density at radius 2 is 2.26 bits per heavy atom. The van der Waals surface area contributed by atoms with E-state index in [4.69, 9.17) is 14.3 Å². The fraction of sp³-hybridized carbons (Fsp3) is 0. The van der Waals surface area contributed by atoms with E-state index in [1.807, 2.05) is 0 Å². The highest BCUT2D eigenvalue weighted by Crippen LogP contribution is 2.32. The van der Waals surface area contributed by atoms with Gasteiger partial charge in [-0.15, -0.1) is 0 Å². The van der Waals surface area contributed by atoms with Crippen molar-refractivity contribution in [2.75, 3.05) is 0 Å². The molecular weight excluding hydrogens is 324 g/mol. The van der Waals surface area contributed by atoms with E-state index in [2.05, 4.69) is 20.9 Å². The Labute approximate surface area is 113 Å². The van der Waals surface area contributed by atoms with Gasteiger partial charge in [0.15, 0.2) is 11.4 Å². The molecule has 0 spiro atoms. The highest BCUT2D eigenvalue weighted by Gasteiger charge is 2.15. The van der Waals surface area contributed by atoms with Crippen LogP contribution in [0.1, 0.15) is 10.5 Å². The first-order valence-electron chi connectivity index (χ1n) is 4.78. The largest absolute Gasteiger partial charge is 0.476 e. The highest BCUT2D eigenvalue weighted by atomic mass is 79.9. The van der Waals surface area contributed by atoms with E-state index in [1.165, 1.54) is 12.1 Å². The molecule has 19 heavy (non-hydrogen) atoms. The Balaban J connectivity index is 2.29. The van der Waals surface area contributed by atoms with Crippen molar-refractivity contribution in [3.8, 4) is 11.8 Å². The number of halogens is 1. The van der Waals surface area contributed by atoms with Crippen LogP contribution in [0.15, 0.2) is 33.4 Å². The van der Waals surface area contributed by atoms with Crippen LogP contribution < -0.4 is 4.74 Å². The number of benzene rings is 1. The minimum Gasteiger partial charge on any atom is -0.476 e. The zero-order valence-electron chi connectivity index (χ0n) is 9.07. The number of aromatic nitrogens is 1. The smallest absolute Gasteiger partial charge is 0.399 e. The molecule has 9 heteroatoms. The maximum absolute atomic E-state index is 10.6. The molecule has 0 saturated heterocycles. The monoisotopic (exact) mass is 328 g/mol. The average molecular weight is 329 g/mol. The Bertz CT molecular complexity index is 653. The summed E-state index contributed by atoms with van der Waals surface area (Å²) in [6.07, 6.45) is 0.585. The predicted molar refractivity (Wildman–Crippen MR) is 64.3 cm³/mol. The zero-order chi connectivity index (χ0) is 14.0. The molecule has 1 aromatic heterocycles. The molecule has 1 N–H and O–H groups in total. The molecule has 2 rings (SSSR count). The molecule has 0 aliphatic heterocycles. The molecule has 0 aliphatic rings. The molecule has 0 saturated carbocycles. The van der Waals surface area contributed by atoms with Crippen molar-refractivity contribution < 1.29 is 24.0 Å². The SMILES string of the molecule is O=C(O)c1coc(Oc2cc([N+](=O)[O-])ccc2Br)n1. The first-order chi connectivity index (χ1) is 8.97. The summed E-state index contributed by atoms with van der Waals surface area (Å²) in [5.41, 5.74) is -0.500. The van der Waals surface area contributed by atoms with Crippen LogP contribution in [0.5, 0.6) is 11.8 Å². The van der Waals surface area contributed by atoms with Crippen LogP contribution in [0.2, 0.25) is 0 Å². The van der Waals surface area contributed by atoms with Crippen LogP contribution in [-0.2, 0) is 0 Å². The topological polar surface area (TPSA) is 116 Å². The summed E-state index contributed by atoms with van der Waals surface area (Å²) in [5, 5.41) is 19.3. The van der Waals surface area contributed by atoms with Crippen molar-refractivity contribution in [3.63, 3.8) is 0 Å². The van der Waals surface area contributed by atoms with Crippen LogP contribution in [0.25, 0.3) is 0 Å². The van der Waals surface area contributed by atoms with E-state index in [1.54, 1.807) is 0 Å². The molecule has 0 radical (unpaired) electrons. The van der Waals surface area contributed by atoms with E-state index in [0.717, 1.165) is 12.3 Å². The van der Waals surface area contributed by atoms with Crippen molar-refractivity contribution in [1.29, 1.82) is 0 Å². The Kier molecular flexibility index (Phi) is 3.47. The van der Waals surface area contributed by atoms with Crippen LogP contribution in [0.3, 0.4) is 0 Å². The lowest BCUT2D eigenvalue weighted by molar-refractivity contribution is -0.384. The third-order valence-corrected chi connectivity index (χ3v) is 2.68. The van der Waals surface area contributed by atoms with Crippen molar-refractivity contribution in [3.05, 3.63) is 44.7 Å². The zero-order valence-corrected chi connectivity index (χ0v) is 10.7. The van der Waals surface area contributed by atoms with E-state index < -0.39 is 10.9 Å². The van der Waals surface area contributed by atoms with Crippen LogP contribution in [0.4, 0.5) is 5.69 Å². The molecule has 0 amide bonds. The first kappa shape index (κ1) is 13.0. The second-order valence-corrected chi connectivity index (χ2v) is 4.13. The number of oxazole rings is 1. The number of carbonyl (C=O) groups is 1. The van der Waals surface area contributed by atoms with Gasteiger partial charge in [0, 0.05) is 6.07 Å². The molecule has 98 valence electrons. The number of nitro groups is 1. The number of carboxylic acid groups (broad SMARTS) is 1. The molecule has 0 fully saturated rings. The van der Waals surface area contributed by atoms with Gasteiger partial charge in [0.1, 0.15) is 6.26 Å². The van der Waals surface area contributed by atoms with Gasteiger partial charge in [-0.05, 0) is 22.0 Å². The summed E-state index contributed by atoms with van der Waals surface area (Å²) in [4.78, 5) is 24.2. The second-order valence-electron chi connectivity index (χ2n) is 3.28. The number of hydrogen-bond donors (Lipinski definition) is 1. The minimum absolute atomic E-state index is 0.0907. The third-order valence-electron chi connectivity index (χ3n) is 2.03. The number of hydrogen-bond acceptors (Lipinski definition) is 6. The van der Waals surface area contributed by atoms with Crippen LogP contribution >= 0.6 is 15.9 Å². The fourth-order valence-electron chi connectivity index (χ4n) is 1.18. The highest BCUT2D eigenvalue weighted by molar-refractivity contribution is 9.10. The lowest BCUT2D eigenvalue weighted by Gasteiger charge is -2.02. The lowest BCUT2D eigenvalue weighted by atomic mass is 10.3. The quantitative estimate of drug-likeness (QED) is 0.677. The van der Waals surface area contributed by atoms with E-state index in [-0.39, 0.29) is 23.2 Å². The van der Waals surface area contributed by atoms with Crippen molar-refractivity contribution in [1.82, 2.24) is 4.98 Å². The lowest BCUT2D eigenvalue weighted by Crippen LogP contribution is -1.96. The fourth-order valence-corrected chi connectivity index (χ4v) is 1.51. The van der Waals surface area contributed by atoms with E-state index in [0.29, 0.717) is 4.47 Å². The normalized spacial score (nSPS) is 10.2.